The molecule has 0 aromatic heterocycles. The quantitative estimate of drug-likeness (QED) is 0.699. The molecule has 0 bridgehead atoms. The van der Waals surface area contributed by atoms with Crippen LogP contribution in [0.1, 0.15) is 28.8 Å². The second-order valence-electron chi connectivity index (χ2n) is 4.44. The van der Waals surface area contributed by atoms with Crippen molar-refractivity contribution in [1.82, 2.24) is 0 Å². The number of aryl methyl sites for hydroxylation is 1. The van der Waals surface area contributed by atoms with E-state index < -0.39 is 0 Å². The number of rotatable bonds is 5. The summed E-state index contributed by atoms with van der Waals surface area (Å²) in [4.78, 5) is 11.9. The fraction of sp³-hybridized carbons (Fsp3) is 0.188. The topological polar surface area (TPSA) is 17.1 Å². The molecule has 0 atom stereocenters. The summed E-state index contributed by atoms with van der Waals surface area (Å²) in [7, 11) is 0. The zero-order valence-electron chi connectivity index (χ0n) is 10.6. The van der Waals surface area contributed by atoms with Crippen molar-refractivity contribution in [3.63, 3.8) is 0 Å². The van der Waals surface area contributed by atoms with E-state index in [2.05, 4.69) is 6.07 Å². The third-order valence-corrected chi connectivity index (χ3v) is 3.53. The van der Waals surface area contributed by atoms with E-state index in [1.165, 1.54) is 24.3 Å². The molecule has 1 nitrogen and oxygen atoms in total. The molecule has 0 spiro atoms. The average molecular weight is 310 g/mol. The van der Waals surface area contributed by atoms with Crippen molar-refractivity contribution >= 4 is 29.0 Å². The smallest absolute Gasteiger partial charge is 0.162 e. The van der Waals surface area contributed by atoms with Crippen molar-refractivity contribution in [3.05, 3.63) is 69.5 Å². The van der Waals surface area contributed by atoms with Gasteiger partial charge in [0, 0.05) is 28.1 Å². The Labute approximate surface area is 127 Å². The van der Waals surface area contributed by atoms with Crippen molar-refractivity contribution in [2.75, 3.05) is 0 Å². The summed E-state index contributed by atoms with van der Waals surface area (Å²) in [5, 5.41) is 1.11. The fourth-order valence-electron chi connectivity index (χ4n) is 1.90. The monoisotopic (exact) mass is 309 g/mol. The number of hydrogen-bond acceptors (Lipinski definition) is 1. The standard InChI is InChI=1S/C16H12Cl2FO/c17-13-6-9-15(18)12(10-13)2-1-3-16(20)11-4-7-14(19)8-5-11/h4-5,7-10H,1-3H2. The van der Waals surface area contributed by atoms with Gasteiger partial charge in [-0.2, -0.15) is 0 Å². The van der Waals surface area contributed by atoms with Gasteiger partial charge in [0.15, 0.2) is 5.78 Å². The summed E-state index contributed by atoms with van der Waals surface area (Å²) in [6, 6.07) is 11.8. The number of hydrogen-bond donors (Lipinski definition) is 0. The van der Waals surface area contributed by atoms with Crippen LogP contribution in [0.25, 0.3) is 0 Å². The van der Waals surface area contributed by atoms with Crippen LogP contribution in [0.4, 0.5) is 4.39 Å². The van der Waals surface area contributed by atoms with E-state index in [9.17, 15) is 9.18 Å². The first kappa shape index (κ1) is 15.0. The van der Waals surface area contributed by atoms with Crippen LogP contribution in [0.15, 0.2) is 36.4 Å². The average Bonchev–Trinajstić information content (AvgIpc) is 2.43. The number of Topliss-reactive ketones (excluding diaryl/α,β-unsaturated/α-hetero) is 1. The van der Waals surface area contributed by atoms with Gasteiger partial charge in [-0.1, -0.05) is 23.2 Å². The molecule has 2 rings (SSSR count). The maximum atomic E-state index is 12.8. The largest absolute Gasteiger partial charge is 0.294 e. The van der Waals surface area contributed by atoms with Gasteiger partial charge in [-0.15, -0.1) is 0 Å². The Balaban J connectivity index is 1.91. The van der Waals surface area contributed by atoms with Crippen LogP contribution in [0.3, 0.4) is 0 Å². The van der Waals surface area contributed by atoms with Crippen LogP contribution < -0.4 is 0 Å². The second-order valence-corrected chi connectivity index (χ2v) is 5.25. The summed E-state index contributed by atoms with van der Waals surface area (Å²) in [5.74, 6) is -0.349. The predicted octanol–water partition coefficient (Wildman–Crippen LogP) is 5.14. The number of carbonyl (C=O) groups is 1. The first-order valence-corrected chi connectivity index (χ1v) is 6.96. The van der Waals surface area contributed by atoms with E-state index in [1.807, 2.05) is 0 Å². The van der Waals surface area contributed by atoms with Crippen LogP contribution in [-0.4, -0.2) is 5.78 Å². The highest BCUT2D eigenvalue weighted by atomic mass is 35.5. The number of ketones is 1. The molecule has 0 N–H and O–H groups in total. The van der Waals surface area contributed by atoms with E-state index >= 15 is 0 Å². The molecule has 0 unspecified atom stereocenters. The Morgan fingerprint density at radius 3 is 2.60 bits per heavy atom. The zero-order valence-corrected chi connectivity index (χ0v) is 12.1. The van der Waals surface area contributed by atoms with Gasteiger partial charge in [0.2, 0.25) is 0 Å². The summed E-state index contributed by atoms with van der Waals surface area (Å²) in [6.45, 7) is 0. The van der Waals surface area contributed by atoms with Crippen LogP contribution in [-0.2, 0) is 6.42 Å². The van der Waals surface area contributed by atoms with E-state index in [0.29, 0.717) is 34.9 Å². The molecule has 0 aliphatic carbocycles. The van der Waals surface area contributed by atoms with E-state index in [4.69, 9.17) is 23.2 Å². The lowest BCUT2D eigenvalue weighted by Gasteiger charge is -2.05. The molecule has 0 heterocycles. The molecule has 20 heavy (non-hydrogen) atoms. The molecule has 2 aromatic rings. The van der Waals surface area contributed by atoms with Gasteiger partial charge >= 0.3 is 0 Å². The molecule has 103 valence electrons. The van der Waals surface area contributed by atoms with Crippen molar-refractivity contribution in [2.45, 2.75) is 19.3 Å². The second kappa shape index (κ2) is 6.87. The SMILES string of the molecule is O=C(CCCc1cc(Cl)[c]cc1Cl)c1ccc(F)cc1. The lowest BCUT2D eigenvalue weighted by molar-refractivity contribution is 0.0980. The lowest BCUT2D eigenvalue weighted by atomic mass is 10.0. The Hall–Kier alpha value is -1.38. The van der Waals surface area contributed by atoms with Crippen molar-refractivity contribution < 1.29 is 9.18 Å². The summed E-state index contributed by atoms with van der Waals surface area (Å²) in [5.41, 5.74) is 1.43. The lowest BCUT2D eigenvalue weighted by Crippen LogP contribution is -2.00. The molecule has 2 aromatic carbocycles. The third-order valence-electron chi connectivity index (χ3n) is 2.96. The summed E-state index contributed by atoms with van der Waals surface area (Å²) in [6.07, 6.45) is 1.72. The van der Waals surface area contributed by atoms with E-state index in [0.717, 1.165) is 5.56 Å². The Kier molecular flexibility index (Phi) is 5.16. The molecule has 0 amide bonds. The van der Waals surface area contributed by atoms with Gasteiger partial charge in [-0.3, -0.25) is 4.79 Å². The van der Waals surface area contributed by atoms with Gasteiger partial charge in [0.1, 0.15) is 5.82 Å². The highest BCUT2D eigenvalue weighted by Crippen LogP contribution is 2.22. The molecular formula is C16H12Cl2FO. The minimum Gasteiger partial charge on any atom is -0.294 e. The molecule has 0 fully saturated rings. The van der Waals surface area contributed by atoms with Crippen LogP contribution in [0.5, 0.6) is 0 Å². The summed E-state index contributed by atoms with van der Waals surface area (Å²) < 4.78 is 12.8. The Bertz CT molecular complexity index is 608. The molecular weight excluding hydrogens is 298 g/mol. The Morgan fingerprint density at radius 1 is 1.20 bits per heavy atom. The van der Waals surface area contributed by atoms with Crippen molar-refractivity contribution in [2.24, 2.45) is 0 Å². The maximum Gasteiger partial charge on any atom is 0.162 e. The number of benzene rings is 2. The first-order chi connectivity index (χ1) is 9.56. The zero-order chi connectivity index (χ0) is 14.5. The van der Waals surface area contributed by atoms with Gasteiger partial charge in [-0.25, -0.2) is 4.39 Å². The minimum absolute atomic E-state index is 0.00490. The molecule has 0 saturated heterocycles. The highest BCUT2D eigenvalue weighted by molar-refractivity contribution is 6.33. The van der Waals surface area contributed by atoms with Crippen LogP contribution in [0, 0.1) is 11.9 Å². The minimum atomic E-state index is -0.344. The van der Waals surface area contributed by atoms with Gasteiger partial charge in [0.05, 0.1) is 0 Å². The predicted molar refractivity (Wildman–Crippen MR) is 79.0 cm³/mol. The van der Waals surface area contributed by atoms with E-state index in [-0.39, 0.29) is 11.6 Å². The number of carbonyl (C=O) groups excluding carboxylic acids is 1. The molecule has 0 saturated carbocycles. The normalized spacial score (nSPS) is 10.6. The Morgan fingerprint density at radius 2 is 1.90 bits per heavy atom. The fourth-order valence-corrected chi connectivity index (χ4v) is 2.29. The van der Waals surface area contributed by atoms with Gasteiger partial charge in [-0.05, 0) is 54.8 Å². The number of halogens is 3. The van der Waals surface area contributed by atoms with Gasteiger partial charge < -0.3 is 0 Å². The molecule has 0 aliphatic heterocycles. The van der Waals surface area contributed by atoms with Gasteiger partial charge in [0.25, 0.3) is 0 Å². The molecule has 0 aliphatic rings. The molecule has 1 radical (unpaired) electrons. The first-order valence-electron chi connectivity index (χ1n) is 6.20. The van der Waals surface area contributed by atoms with Crippen LogP contribution >= 0.6 is 23.2 Å². The third kappa shape index (κ3) is 4.06. The highest BCUT2D eigenvalue weighted by Gasteiger charge is 2.07. The van der Waals surface area contributed by atoms with Crippen LogP contribution in [0.2, 0.25) is 10.0 Å². The molecule has 4 heteroatoms. The summed E-state index contributed by atoms with van der Waals surface area (Å²) >= 11 is 11.9. The van der Waals surface area contributed by atoms with Crippen molar-refractivity contribution in [3.8, 4) is 0 Å². The maximum absolute atomic E-state index is 12.8. The van der Waals surface area contributed by atoms with E-state index in [1.54, 1.807) is 12.1 Å². The van der Waals surface area contributed by atoms with Crippen molar-refractivity contribution in [1.29, 1.82) is 0 Å².